The number of aliphatic hydroxyl groups is 1. The first-order valence-corrected chi connectivity index (χ1v) is 11.3. The number of pyridine rings is 1. The zero-order valence-electron chi connectivity index (χ0n) is 18.8. The Hall–Kier alpha value is -3.91. The number of amides is 1. The number of fused-ring (bicyclic) bond motifs is 6. The molecule has 1 aromatic carbocycles. The second kappa shape index (κ2) is 6.80. The fourth-order valence-corrected chi connectivity index (χ4v) is 5.28. The maximum Gasteiger partial charge on any atom is 0.270 e. The summed E-state index contributed by atoms with van der Waals surface area (Å²) in [4.78, 5) is 31.8. The summed E-state index contributed by atoms with van der Waals surface area (Å²) in [5, 5.41) is 14.9. The number of nitrogens with zero attached hydrogens (tertiary/aromatic N) is 2. The van der Waals surface area contributed by atoms with Gasteiger partial charge in [0.15, 0.2) is 0 Å². The van der Waals surface area contributed by atoms with E-state index >= 15 is 0 Å². The lowest BCUT2D eigenvalue weighted by atomic mass is 9.82. The third-order valence-corrected chi connectivity index (χ3v) is 7.08. The number of ether oxygens (including phenoxy) is 1. The molecule has 4 N–H and O–H groups in total. The number of allylic oxidation sites excluding steroid dienone is 2. The van der Waals surface area contributed by atoms with Gasteiger partial charge in [-0.1, -0.05) is 32.1 Å². The van der Waals surface area contributed by atoms with Crippen LogP contribution in [0, 0.1) is 0 Å². The highest BCUT2D eigenvalue weighted by Gasteiger charge is 2.74. The van der Waals surface area contributed by atoms with Gasteiger partial charge >= 0.3 is 0 Å². The van der Waals surface area contributed by atoms with Crippen LogP contribution in [0.5, 0.6) is 5.75 Å². The summed E-state index contributed by atoms with van der Waals surface area (Å²) in [7, 11) is 0. The summed E-state index contributed by atoms with van der Waals surface area (Å²) in [5.41, 5.74) is 7.73. The van der Waals surface area contributed by atoms with Crippen LogP contribution < -0.4 is 15.8 Å². The lowest BCUT2D eigenvalue weighted by Gasteiger charge is -2.34. The molecule has 172 valence electrons. The predicted octanol–water partition coefficient (Wildman–Crippen LogP) is 2.68. The van der Waals surface area contributed by atoms with E-state index in [-0.39, 0.29) is 11.5 Å². The van der Waals surface area contributed by atoms with Crippen molar-refractivity contribution >= 4 is 17.3 Å². The highest BCUT2D eigenvalue weighted by molar-refractivity contribution is 6.16. The number of hydrogen-bond donors (Lipinski definition) is 3. The van der Waals surface area contributed by atoms with Gasteiger partial charge in [-0.15, -0.1) is 0 Å². The zero-order valence-corrected chi connectivity index (χ0v) is 18.8. The van der Waals surface area contributed by atoms with Gasteiger partial charge in [-0.2, -0.15) is 0 Å². The molecule has 1 amide bonds. The molecule has 0 spiro atoms. The van der Waals surface area contributed by atoms with Crippen molar-refractivity contribution in [3.8, 4) is 5.75 Å². The summed E-state index contributed by atoms with van der Waals surface area (Å²) in [6, 6.07) is 8.82. The highest BCUT2D eigenvalue weighted by Crippen LogP contribution is 2.59. The number of carbonyl (C=O) groups is 2. The number of aromatic nitrogens is 2. The first kappa shape index (κ1) is 20.7. The Labute approximate surface area is 195 Å². The lowest BCUT2D eigenvalue weighted by molar-refractivity contribution is -0.152. The van der Waals surface area contributed by atoms with Crippen molar-refractivity contribution in [2.75, 3.05) is 0 Å². The quantitative estimate of drug-likeness (QED) is 0.558. The number of hydrogen-bond acceptors (Lipinski definition) is 6. The van der Waals surface area contributed by atoms with Crippen molar-refractivity contribution in [3.05, 3.63) is 88.5 Å². The standard InChI is InChI=1S/C26H24N4O4/c1-14(2)15-6-8-17-20(12-15)34-26(33)18-4-3-5-19(27)22(18)23(31)25(17,26)29-24(32)16-7-9-21-28-10-11-30(21)13-16/h4,6-14,33H,3,5,27H2,1-2H3,(H,29,32). The van der Waals surface area contributed by atoms with Crippen molar-refractivity contribution < 1.29 is 19.4 Å². The summed E-state index contributed by atoms with van der Waals surface area (Å²) >= 11 is 0. The maximum atomic E-state index is 14.0. The van der Waals surface area contributed by atoms with E-state index in [4.69, 9.17) is 10.5 Å². The molecule has 3 aromatic rings. The molecule has 2 aliphatic carbocycles. The van der Waals surface area contributed by atoms with Crippen LogP contribution in [0.4, 0.5) is 0 Å². The number of nitrogens with two attached hydrogens (primary N) is 1. The average molecular weight is 457 g/mol. The van der Waals surface area contributed by atoms with Crippen LogP contribution in [0.1, 0.15) is 54.1 Å². The molecule has 1 fully saturated rings. The molecule has 34 heavy (non-hydrogen) atoms. The molecule has 3 aliphatic rings. The van der Waals surface area contributed by atoms with Gasteiger partial charge in [-0.3, -0.25) is 9.59 Å². The van der Waals surface area contributed by atoms with Crippen LogP contribution in [0.2, 0.25) is 0 Å². The van der Waals surface area contributed by atoms with Crippen molar-refractivity contribution in [2.45, 2.75) is 43.9 Å². The van der Waals surface area contributed by atoms with Gasteiger partial charge in [-0.25, -0.2) is 4.98 Å². The van der Waals surface area contributed by atoms with Crippen LogP contribution in [-0.2, 0) is 10.3 Å². The van der Waals surface area contributed by atoms with E-state index in [1.165, 1.54) is 0 Å². The summed E-state index contributed by atoms with van der Waals surface area (Å²) in [5.74, 6) is -2.50. The molecule has 3 heterocycles. The van der Waals surface area contributed by atoms with Gasteiger partial charge in [0.25, 0.3) is 11.7 Å². The van der Waals surface area contributed by atoms with Crippen molar-refractivity contribution in [2.24, 2.45) is 5.73 Å². The Balaban J connectivity index is 1.54. The Morgan fingerprint density at radius 2 is 2.12 bits per heavy atom. The molecule has 0 radical (unpaired) electrons. The molecular weight excluding hydrogens is 432 g/mol. The van der Waals surface area contributed by atoms with E-state index < -0.39 is 23.0 Å². The van der Waals surface area contributed by atoms with E-state index in [1.807, 2.05) is 26.0 Å². The van der Waals surface area contributed by atoms with Crippen molar-refractivity contribution in [3.63, 3.8) is 0 Å². The fraction of sp³-hybridized carbons (Fsp3) is 0.269. The number of carbonyl (C=O) groups excluding carboxylic acids is 2. The fourth-order valence-electron chi connectivity index (χ4n) is 5.28. The molecule has 1 aliphatic heterocycles. The monoisotopic (exact) mass is 456 g/mol. The van der Waals surface area contributed by atoms with Gasteiger partial charge in [0, 0.05) is 41.0 Å². The van der Waals surface area contributed by atoms with E-state index in [1.54, 1.807) is 47.3 Å². The molecule has 0 bridgehead atoms. The maximum absolute atomic E-state index is 14.0. The SMILES string of the molecule is CC(C)c1ccc2c(c1)OC1(O)C3=CCCC(N)=C3C(=O)C21NC(=O)c1ccc2nccn2c1. The number of rotatable bonds is 3. The minimum Gasteiger partial charge on any atom is -0.454 e. The Kier molecular flexibility index (Phi) is 4.14. The Bertz CT molecular complexity index is 1470. The molecule has 0 saturated heterocycles. The van der Waals surface area contributed by atoms with Gasteiger partial charge in [0.2, 0.25) is 11.3 Å². The second-order valence-corrected chi connectivity index (χ2v) is 9.36. The third-order valence-electron chi connectivity index (χ3n) is 7.08. The summed E-state index contributed by atoms with van der Waals surface area (Å²) < 4.78 is 7.86. The van der Waals surface area contributed by atoms with Crippen LogP contribution in [0.3, 0.4) is 0 Å². The third kappa shape index (κ3) is 2.48. The van der Waals surface area contributed by atoms with E-state index in [0.717, 1.165) is 5.56 Å². The molecule has 2 unspecified atom stereocenters. The van der Waals surface area contributed by atoms with E-state index in [2.05, 4.69) is 10.3 Å². The normalized spacial score (nSPS) is 25.2. The number of ketones is 1. The van der Waals surface area contributed by atoms with Gasteiger partial charge in [0.05, 0.1) is 5.56 Å². The molecule has 8 nitrogen and oxygen atoms in total. The first-order chi connectivity index (χ1) is 16.3. The Morgan fingerprint density at radius 3 is 2.91 bits per heavy atom. The van der Waals surface area contributed by atoms with Crippen molar-refractivity contribution in [1.29, 1.82) is 0 Å². The minimum atomic E-state index is -2.10. The molecular formula is C26H24N4O4. The van der Waals surface area contributed by atoms with Gasteiger partial charge < -0.3 is 25.3 Å². The first-order valence-electron chi connectivity index (χ1n) is 11.3. The molecule has 8 heteroatoms. The number of nitrogens with one attached hydrogen (secondary N) is 1. The van der Waals surface area contributed by atoms with Crippen LogP contribution in [-0.4, -0.2) is 32.0 Å². The second-order valence-electron chi connectivity index (χ2n) is 9.36. The van der Waals surface area contributed by atoms with Gasteiger partial charge in [-0.05, 0) is 42.5 Å². The number of benzene rings is 1. The van der Waals surface area contributed by atoms with Gasteiger partial charge in [0.1, 0.15) is 11.4 Å². The van der Waals surface area contributed by atoms with Crippen LogP contribution in [0.25, 0.3) is 5.65 Å². The molecule has 2 atom stereocenters. The highest BCUT2D eigenvalue weighted by atomic mass is 16.6. The van der Waals surface area contributed by atoms with Crippen LogP contribution in [0.15, 0.2) is 71.8 Å². The average Bonchev–Trinajstić information content (AvgIpc) is 3.43. The molecule has 6 rings (SSSR count). The molecule has 1 saturated carbocycles. The molecule has 2 aromatic heterocycles. The van der Waals surface area contributed by atoms with E-state index in [9.17, 15) is 14.7 Å². The predicted molar refractivity (Wildman–Crippen MR) is 124 cm³/mol. The lowest BCUT2D eigenvalue weighted by Crippen LogP contribution is -2.62. The topological polar surface area (TPSA) is 119 Å². The number of imidazole rings is 1. The summed E-state index contributed by atoms with van der Waals surface area (Å²) in [6.07, 6.45) is 7.84. The minimum absolute atomic E-state index is 0.215. The number of Topliss-reactive ketones (excluding diaryl/α,β-unsaturated/α-hetero) is 1. The largest absolute Gasteiger partial charge is 0.454 e. The zero-order chi connectivity index (χ0) is 23.8. The Morgan fingerprint density at radius 1 is 1.29 bits per heavy atom. The van der Waals surface area contributed by atoms with Crippen LogP contribution >= 0.6 is 0 Å². The smallest absolute Gasteiger partial charge is 0.270 e. The van der Waals surface area contributed by atoms with Crippen molar-refractivity contribution in [1.82, 2.24) is 14.7 Å². The summed E-state index contributed by atoms with van der Waals surface area (Å²) in [6.45, 7) is 4.10. The van der Waals surface area contributed by atoms with E-state index in [0.29, 0.717) is 46.6 Å².